The first-order valence-corrected chi connectivity index (χ1v) is 5.82. The SMILES string of the molecule is O=C(O)CN(Cc1ccco1)CC1CCCO1. The first kappa shape index (κ1) is 12.1. The lowest BCUT2D eigenvalue weighted by Crippen LogP contribution is -2.35. The monoisotopic (exact) mass is 239 g/mol. The second-order valence-electron chi connectivity index (χ2n) is 4.28. The number of hydrogen-bond acceptors (Lipinski definition) is 4. The van der Waals surface area contributed by atoms with E-state index in [1.165, 1.54) is 0 Å². The molecule has 1 unspecified atom stereocenters. The average molecular weight is 239 g/mol. The van der Waals surface area contributed by atoms with Crippen molar-refractivity contribution >= 4 is 5.97 Å². The molecule has 1 N–H and O–H groups in total. The van der Waals surface area contributed by atoms with Crippen LogP contribution in [0.1, 0.15) is 18.6 Å². The molecule has 2 rings (SSSR count). The molecule has 5 heteroatoms. The Morgan fingerprint density at radius 3 is 3.06 bits per heavy atom. The number of furan rings is 1. The Balaban J connectivity index is 1.89. The van der Waals surface area contributed by atoms with Crippen LogP contribution in [-0.2, 0) is 16.1 Å². The number of carboxylic acid groups (broad SMARTS) is 1. The maximum absolute atomic E-state index is 10.8. The number of aliphatic carboxylic acids is 1. The van der Waals surface area contributed by atoms with E-state index in [-0.39, 0.29) is 12.6 Å². The van der Waals surface area contributed by atoms with E-state index in [1.807, 2.05) is 11.0 Å². The largest absolute Gasteiger partial charge is 0.480 e. The average Bonchev–Trinajstić information content (AvgIpc) is 2.89. The highest BCUT2D eigenvalue weighted by atomic mass is 16.5. The number of carbonyl (C=O) groups is 1. The standard InChI is InChI=1S/C12H17NO4/c14-12(15)9-13(7-10-3-1-5-16-10)8-11-4-2-6-17-11/h1,3,5,11H,2,4,6-9H2,(H,14,15). The van der Waals surface area contributed by atoms with Crippen LogP contribution in [0.4, 0.5) is 0 Å². The molecular formula is C12H17NO4. The Labute approximate surface area is 100.0 Å². The third-order valence-electron chi connectivity index (χ3n) is 2.80. The van der Waals surface area contributed by atoms with Crippen LogP contribution in [0, 0.1) is 0 Å². The van der Waals surface area contributed by atoms with Gasteiger partial charge in [-0.3, -0.25) is 9.69 Å². The van der Waals surface area contributed by atoms with Gasteiger partial charge in [-0.2, -0.15) is 0 Å². The lowest BCUT2D eigenvalue weighted by molar-refractivity contribution is -0.138. The molecule has 2 heterocycles. The zero-order valence-corrected chi connectivity index (χ0v) is 9.67. The van der Waals surface area contributed by atoms with E-state index < -0.39 is 5.97 Å². The summed E-state index contributed by atoms with van der Waals surface area (Å²) in [6.07, 6.45) is 3.82. The molecule has 1 saturated heterocycles. The van der Waals surface area contributed by atoms with E-state index in [2.05, 4.69) is 0 Å². The van der Waals surface area contributed by atoms with Crippen LogP contribution in [0.5, 0.6) is 0 Å². The van der Waals surface area contributed by atoms with Crippen molar-refractivity contribution in [2.75, 3.05) is 19.7 Å². The van der Waals surface area contributed by atoms with Crippen LogP contribution < -0.4 is 0 Å². The Hall–Kier alpha value is -1.33. The third kappa shape index (κ3) is 3.87. The summed E-state index contributed by atoms with van der Waals surface area (Å²) in [5.41, 5.74) is 0. The lowest BCUT2D eigenvalue weighted by atomic mass is 10.2. The summed E-state index contributed by atoms with van der Waals surface area (Å²) in [5.74, 6) is -0.0428. The van der Waals surface area contributed by atoms with Crippen LogP contribution in [-0.4, -0.2) is 41.8 Å². The van der Waals surface area contributed by atoms with E-state index in [4.69, 9.17) is 14.3 Å². The van der Waals surface area contributed by atoms with E-state index in [9.17, 15) is 4.79 Å². The van der Waals surface area contributed by atoms with Crippen LogP contribution in [0.3, 0.4) is 0 Å². The van der Waals surface area contributed by atoms with Crippen LogP contribution in [0.2, 0.25) is 0 Å². The number of hydrogen-bond donors (Lipinski definition) is 1. The molecule has 17 heavy (non-hydrogen) atoms. The maximum Gasteiger partial charge on any atom is 0.317 e. The summed E-state index contributed by atoms with van der Waals surface area (Å²) in [7, 11) is 0. The van der Waals surface area contributed by atoms with E-state index in [0.717, 1.165) is 25.2 Å². The molecule has 0 radical (unpaired) electrons. The van der Waals surface area contributed by atoms with Crippen LogP contribution in [0.25, 0.3) is 0 Å². The molecule has 94 valence electrons. The minimum Gasteiger partial charge on any atom is -0.480 e. The fourth-order valence-electron chi connectivity index (χ4n) is 2.08. The first-order valence-electron chi connectivity index (χ1n) is 5.82. The molecule has 5 nitrogen and oxygen atoms in total. The normalized spacial score (nSPS) is 19.9. The molecule has 1 aromatic rings. The van der Waals surface area contributed by atoms with Gasteiger partial charge in [0.2, 0.25) is 0 Å². The topological polar surface area (TPSA) is 62.9 Å². The van der Waals surface area contributed by atoms with Crippen molar-refractivity contribution in [3.8, 4) is 0 Å². The van der Waals surface area contributed by atoms with E-state index >= 15 is 0 Å². The molecule has 0 amide bonds. The smallest absolute Gasteiger partial charge is 0.317 e. The Morgan fingerprint density at radius 1 is 1.59 bits per heavy atom. The first-order chi connectivity index (χ1) is 8.24. The Kier molecular flexibility index (Phi) is 4.17. The van der Waals surface area contributed by atoms with Crippen molar-refractivity contribution in [3.05, 3.63) is 24.2 Å². The van der Waals surface area contributed by atoms with Gasteiger partial charge in [0.25, 0.3) is 0 Å². The van der Waals surface area contributed by atoms with Gasteiger partial charge >= 0.3 is 5.97 Å². The summed E-state index contributed by atoms with van der Waals surface area (Å²) >= 11 is 0. The second-order valence-corrected chi connectivity index (χ2v) is 4.28. The fraction of sp³-hybridized carbons (Fsp3) is 0.583. The number of rotatable bonds is 6. The van der Waals surface area contributed by atoms with Gasteiger partial charge in [-0.05, 0) is 25.0 Å². The minimum absolute atomic E-state index is 0.0144. The third-order valence-corrected chi connectivity index (χ3v) is 2.80. The fourth-order valence-corrected chi connectivity index (χ4v) is 2.08. The van der Waals surface area contributed by atoms with Gasteiger partial charge in [0.15, 0.2) is 0 Å². The molecular weight excluding hydrogens is 222 g/mol. The highest BCUT2D eigenvalue weighted by Gasteiger charge is 2.21. The van der Waals surface area contributed by atoms with Gasteiger partial charge in [-0.15, -0.1) is 0 Å². The zero-order chi connectivity index (χ0) is 12.1. The molecule has 1 aromatic heterocycles. The summed E-state index contributed by atoms with van der Waals surface area (Å²) in [5, 5.41) is 8.87. The van der Waals surface area contributed by atoms with Crippen LogP contribution in [0.15, 0.2) is 22.8 Å². The molecule has 0 spiro atoms. The molecule has 0 aromatic carbocycles. The van der Waals surface area contributed by atoms with Gasteiger partial charge in [-0.25, -0.2) is 0 Å². The molecule has 1 fully saturated rings. The summed E-state index contributed by atoms with van der Waals surface area (Å²) in [6, 6.07) is 3.66. The second kappa shape index (κ2) is 5.84. The molecule has 1 aliphatic heterocycles. The quantitative estimate of drug-likeness (QED) is 0.811. The number of ether oxygens (including phenoxy) is 1. The predicted octanol–water partition coefficient (Wildman–Crippen LogP) is 1.35. The van der Waals surface area contributed by atoms with Gasteiger partial charge in [-0.1, -0.05) is 0 Å². The number of carboxylic acids is 1. The Bertz CT molecular complexity index is 343. The zero-order valence-electron chi connectivity index (χ0n) is 9.67. The van der Waals surface area contributed by atoms with Crippen LogP contribution >= 0.6 is 0 Å². The highest BCUT2D eigenvalue weighted by molar-refractivity contribution is 5.69. The molecule has 1 atom stereocenters. The lowest BCUT2D eigenvalue weighted by Gasteiger charge is -2.22. The van der Waals surface area contributed by atoms with Gasteiger partial charge in [0.1, 0.15) is 5.76 Å². The molecule has 0 saturated carbocycles. The Morgan fingerprint density at radius 2 is 2.47 bits per heavy atom. The highest BCUT2D eigenvalue weighted by Crippen LogP contribution is 2.15. The van der Waals surface area contributed by atoms with E-state index in [1.54, 1.807) is 12.3 Å². The molecule has 1 aliphatic rings. The van der Waals surface area contributed by atoms with Crippen molar-refractivity contribution in [1.82, 2.24) is 4.90 Å². The van der Waals surface area contributed by atoms with Crippen molar-refractivity contribution < 1.29 is 19.1 Å². The van der Waals surface area contributed by atoms with Gasteiger partial charge < -0.3 is 14.3 Å². The number of nitrogens with zero attached hydrogens (tertiary/aromatic N) is 1. The minimum atomic E-state index is -0.824. The van der Waals surface area contributed by atoms with Gasteiger partial charge in [0.05, 0.1) is 25.5 Å². The summed E-state index contributed by atoms with van der Waals surface area (Å²) in [4.78, 5) is 12.6. The molecule has 0 aliphatic carbocycles. The van der Waals surface area contributed by atoms with E-state index in [0.29, 0.717) is 13.1 Å². The molecule has 0 bridgehead atoms. The maximum atomic E-state index is 10.8. The summed E-state index contributed by atoms with van der Waals surface area (Å²) in [6.45, 7) is 1.96. The van der Waals surface area contributed by atoms with Gasteiger partial charge in [0, 0.05) is 13.2 Å². The van der Waals surface area contributed by atoms with Crippen molar-refractivity contribution in [3.63, 3.8) is 0 Å². The predicted molar refractivity (Wildman–Crippen MR) is 60.6 cm³/mol. The van der Waals surface area contributed by atoms with Crippen molar-refractivity contribution in [2.24, 2.45) is 0 Å². The summed E-state index contributed by atoms with van der Waals surface area (Å²) < 4.78 is 10.8. The van der Waals surface area contributed by atoms with Crippen molar-refractivity contribution in [1.29, 1.82) is 0 Å². The van der Waals surface area contributed by atoms with Crippen molar-refractivity contribution in [2.45, 2.75) is 25.5 Å².